The van der Waals surface area contributed by atoms with Crippen LogP contribution in [0.2, 0.25) is 0 Å². The van der Waals surface area contributed by atoms with Crippen LogP contribution in [-0.4, -0.2) is 12.4 Å². The van der Waals surface area contributed by atoms with Gasteiger partial charge in [-0.3, -0.25) is 0 Å². The first-order chi connectivity index (χ1) is 9.28. The van der Waals surface area contributed by atoms with Crippen molar-refractivity contribution >= 4 is 12.6 Å². The maximum absolute atomic E-state index is 8.77. The van der Waals surface area contributed by atoms with Crippen molar-refractivity contribution < 1.29 is 4.74 Å². The molecule has 0 spiro atoms. The average Bonchev–Trinajstić information content (AvgIpc) is 2.72. The van der Waals surface area contributed by atoms with Gasteiger partial charge in [0.15, 0.2) is 0 Å². The molecule has 0 atom stereocenters. The molecule has 19 heavy (non-hydrogen) atoms. The van der Waals surface area contributed by atoms with Crippen LogP contribution in [-0.2, 0) is 0 Å². The van der Waals surface area contributed by atoms with Gasteiger partial charge < -0.3 is 4.74 Å². The molecular weight excluding hydrogens is 254 g/mol. The van der Waals surface area contributed by atoms with E-state index in [1.807, 2.05) is 12.1 Å². The monoisotopic (exact) mass is 275 g/mol. The van der Waals surface area contributed by atoms with E-state index in [9.17, 15) is 0 Å². The first-order valence-electron chi connectivity index (χ1n) is 7.02. The third-order valence-electron chi connectivity index (χ3n) is 4.03. The molecule has 2 nitrogen and oxygen atoms in total. The predicted octanol–water partition coefficient (Wildman–Crippen LogP) is 4.21. The van der Waals surface area contributed by atoms with Crippen molar-refractivity contribution in [2.45, 2.75) is 38.5 Å². The zero-order valence-electron chi connectivity index (χ0n) is 11.3. The summed E-state index contributed by atoms with van der Waals surface area (Å²) in [5.74, 6) is 1.74. The summed E-state index contributed by atoms with van der Waals surface area (Å²) in [5.41, 5.74) is 0.902. The van der Waals surface area contributed by atoms with Crippen LogP contribution in [0.3, 0.4) is 0 Å². The summed E-state index contributed by atoms with van der Waals surface area (Å²) in [6.07, 6.45) is 7.69. The van der Waals surface area contributed by atoms with E-state index < -0.39 is 0 Å². The Labute approximate surface area is 121 Å². The molecule has 3 heteroatoms. The van der Waals surface area contributed by atoms with Crippen LogP contribution < -0.4 is 4.74 Å². The summed E-state index contributed by atoms with van der Waals surface area (Å²) in [6.45, 7) is 0.738. The molecule has 0 bridgehead atoms. The van der Waals surface area contributed by atoms with Gasteiger partial charge in [0.25, 0.3) is 0 Å². The molecule has 2 rings (SSSR count). The fourth-order valence-electron chi connectivity index (χ4n) is 2.69. The molecule has 1 aliphatic rings. The topological polar surface area (TPSA) is 33.0 Å². The second kappa shape index (κ2) is 6.86. The molecule has 0 aromatic heterocycles. The lowest BCUT2D eigenvalue weighted by Gasteiger charge is -2.30. The molecule has 0 unspecified atom stereocenters. The van der Waals surface area contributed by atoms with Crippen LogP contribution in [0.5, 0.6) is 5.75 Å². The van der Waals surface area contributed by atoms with Crippen LogP contribution in [0, 0.1) is 16.7 Å². The molecule has 1 saturated carbocycles. The molecule has 1 aliphatic carbocycles. The highest BCUT2D eigenvalue weighted by Crippen LogP contribution is 2.36. The molecule has 0 N–H and O–H groups in total. The number of hydrogen-bond donors (Lipinski definition) is 1. The van der Waals surface area contributed by atoms with E-state index in [-0.39, 0.29) is 5.41 Å². The van der Waals surface area contributed by atoms with E-state index in [1.165, 1.54) is 38.5 Å². The lowest BCUT2D eigenvalue weighted by Crippen LogP contribution is -2.30. The Balaban J connectivity index is 1.96. The Morgan fingerprint density at radius 3 is 2.26 bits per heavy atom. The number of rotatable bonds is 4. The number of benzene rings is 1. The van der Waals surface area contributed by atoms with Gasteiger partial charge in [0.1, 0.15) is 5.75 Å². The summed E-state index contributed by atoms with van der Waals surface area (Å²) in [5, 5.41) is 8.77. The van der Waals surface area contributed by atoms with Gasteiger partial charge in [-0.15, -0.1) is 0 Å². The van der Waals surface area contributed by atoms with E-state index in [2.05, 4.69) is 18.7 Å². The summed E-state index contributed by atoms with van der Waals surface area (Å²) in [7, 11) is 0. The Morgan fingerprint density at radius 1 is 1.11 bits per heavy atom. The Kier molecular flexibility index (Phi) is 5.15. The van der Waals surface area contributed by atoms with Gasteiger partial charge in [-0.2, -0.15) is 17.9 Å². The molecular formula is C16H21NOS. The number of hydrogen-bond acceptors (Lipinski definition) is 3. The molecule has 0 saturated heterocycles. The number of nitrogens with zero attached hydrogens (tertiary/aromatic N) is 1. The highest BCUT2D eigenvalue weighted by molar-refractivity contribution is 7.80. The van der Waals surface area contributed by atoms with Crippen molar-refractivity contribution in [1.29, 1.82) is 5.26 Å². The summed E-state index contributed by atoms with van der Waals surface area (Å²) in [6, 6.07) is 9.47. The molecule has 0 radical (unpaired) electrons. The Hall–Kier alpha value is -1.14. The van der Waals surface area contributed by atoms with Crippen LogP contribution in [0.25, 0.3) is 0 Å². The minimum absolute atomic E-state index is 0.230. The van der Waals surface area contributed by atoms with Gasteiger partial charge in [-0.05, 0) is 42.9 Å². The van der Waals surface area contributed by atoms with Gasteiger partial charge in [-0.25, -0.2) is 0 Å². The second-order valence-electron chi connectivity index (χ2n) is 5.50. The van der Waals surface area contributed by atoms with Gasteiger partial charge in [0.05, 0.1) is 18.2 Å². The molecule has 1 aromatic rings. The highest BCUT2D eigenvalue weighted by Gasteiger charge is 2.30. The van der Waals surface area contributed by atoms with E-state index in [4.69, 9.17) is 10.00 Å². The third kappa shape index (κ3) is 3.91. The number of ether oxygens (including phenoxy) is 1. The Bertz CT molecular complexity index is 427. The van der Waals surface area contributed by atoms with Crippen molar-refractivity contribution in [3.63, 3.8) is 0 Å². The van der Waals surface area contributed by atoms with Gasteiger partial charge in [-0.1, -0.05) is 25.7 Å². The summed E-state index contributed by atoms with van der Waals surface area (Å²) < 4.78 is 5.94. The predicted molar refractivity (Wildman–Crippen MR) is 80.6 cm³/mol. The smallest absolute Gasteiger partial charge is 0.119 e. The molecule has 0 heterocycles. The largest absolute Gasteiger partial charge is 0.493 e. The standard InChI is InChI=1S/C16H21NOS/c17-11-14-5-7-15(8-6-14)18-12-16(13-19)9-3-1-2-4-10-16/h5-8,19H,1-4,9-10,12-13H2. The zero-order valence-corrected chi connectivity index (χ0v) is 12.2. The van der Waals surface area contributed by atoms with E-state index >= 15 is 0 Å². The van der Waals surface area contributed by atoms with Crippen LogP contribution >= 0.6 is 12.6 Å². The van der Waals surface area contributed by atoms with Crippen LogP contribution in [0.15, 0.2) is 24.3 Å². The van der Waals surface area contributed by atoms with Gasteiger partial charge in [0, 0.05) is 5.41 Å². The molecule has 102 valence electrons. The maximum atomic E-state index is 8.77. The lowest BCUT2D eigenvalue weighted by molar-refractivity contribution is 0.148. The van der Waals surface area contributed by atoms with E-state index in [1.54, 1.807) is 12.1 Å². The third-order valence-corrected chi connectivity index (χ3v) is 4.70. The molecule has 0 amide bonds. The van der Waals surface area contributed by atoms with E-state index in [0.29, 0.717) is 5.56 Å². The summed E-state index contributed by atoms with van der Waals surface area (Å²) >= 11 is 4.55. The average molecular weight is 275 g/mol. The van der Waals surface area contributed by atoms with Crippen molar-refractivity contribution in [2.75, 3.05) is 12.4 Å². The quantitative estimate of drug-likeness (QED) is 0.659. The van der Waals surface area contributed by atoms with Crippen LogP contribution in [0.1, 0.15) is 44.1 Å². The normalized spacial score (nSPS) is 18.3. The molecule has 0 aliphatic heterocycles. The zero-order chi connectivity index (χ0) is 13.6. The fraction of sp³-hybridized carbons (Fsp3) is 0.562. The lowest BCUT2D eigenvalue weighted by atomic mass is 9.83. The minimum Gasteiger partial charge on any atom is -0.493 e. The number of thiol groups is 1. The Morgan fingerprint density at radius 2 is 1.74 bits per heavy atom. The van der Waals surface area contributed by atoms with Gasteiger partial charge in [0.2, 0.25) is 0 Å². The van der Waals surface area contributed by atoms with E-state index in [0.717, 1.165) is 18.1 Å². The molecule has 1 aromatic carbocycles. The van der Waals surface area contributed by atoms with Crippen molar-refractivity contribution in [3.05, 3.63) is 29.8 Å². The van der Waals surface area contributed by atoms with Gasteiger partial charge >= 0.3 is 0 Å². The molecule has 1 fully saturated rings. The first-order valence-corrected chi connectivity index (χ1v) is 7.65. The second-order valence-corrected chi connectivity index (χ2v) is 5.81. The van der Waals surface area contributed by atoms with Crippen LogP contribution in [0.4, 0.5) is 0 Å². The highest BCUT2D eigenvalue weighted by atomic mass is 32.1. The van der Waals surface area contributed by atoms with Crippen molar-refractivity contribution in [2.24, 2.45) is 5.41 Å². The fourth-order valence-corrected chi connectivity index (χ4v) is 3.10. The van der Waals surface area contributed by atoms with Crippen molar-refractivity contribution in [1.82, 2.24) is 0 Å². The summed E-state index contributed by atoms with van der Waals surface area (Å²) in [4.78, 5) is 0. The number of nitriles is 1. The first kappa shape index (κ1) is 14.3. The maximum Gasteiger partial charge on any atom is 0.119 e. The van der Waals surface area contributed by atoms with Crippen molar-refractivity contribution in [3.8, 4) is 11.8 Å². The SMILES string of the molecule is N#Cc1ccc(OCC2(CS)CCCCCC2)cc1. The minimum atomic E-state index is 0.230.